The summed E-state index contributed by atoms with van der Waals surface area (Å²) >= 11 is 0. The molecule has 0 aliphatic carbocycles. The van der Waals surface area contributed by atoms with Crippen molar-refractivity contribution in [2.45, 2.75) is 13.0 Å². The number of hydrogen-bond donors (Lipinski definition) is 2. The van der Waals surface area contributed by atoms with Gasteiger partial charge in [0.15, 0.2) is 0 Å². The highest BCUT2D eigenvalue weighted by atomic mass is 16.5. The van der Waals surface area contributed by atoms with Gasteiger partial charge < -0.3 is 19.9 Å². The number of aliphatic hydroxyl groups is 1. The molecule has 2 N–H and O–H groups in total. The molecule has 1 rings (SSSR count). The highest BCUT2D eigenvalue weighted by Crippen LogP contribution is 1.92. The van der Waals surface area contributed by atoms with Crippen molar-refractivity contribution in [3.63, 3.8) is 0 Å². The number of amides is 1. The van der Waals surface area contributed by atoms with Crippen molar-refractivity contribution < 1.29 is 19.4 Å². The quantitative estimate of drug-likeness (QED) is 0.538. The maximum Gasteiger partial charge on any atom is 0.271 e. The monoisotopic (exact) mass is 299 g/mol. The summed E-state index contributed by atoms with van der Waals surface area (Å²) in [4.78, 5) is 23.4. The molecule has 0 radical (unpaired) electrons. The molecule has 8 nitrogen and oxygen atoms in total. The standard InChI is InChI=1S/C13H21N3O5/c1-20-9-6-16-12(18)4-3-11(15-16)13(19)14-5-2-8-21-10-7-17/h3-4,17H,2,5-10H2,1H3,(H,14,19). The van der Waals surface area contributed by atoms with Crippen LogP contribution < -0.4 is 10.9 Å². The number of carbonyl (C=O) groups is 1. The van der Waals surface area contributed by atoms with Gasteiger partial charge in [0.25, 0.3) is 11.5 Å². The summed E-state index contributed by atoms with van der Waals surface area (Å²) in [7, 11) is 1.53. The lowest BCUT2D eigenvalue weighted by atomic mass is 10.3. The third-order valence-corrected chi connectivity index (χ3v) is 2.59. The van der Waals surface area contributed by atoms with E-state index < -0.39 is 0 Å². The number of nitrogens with one attached hydrogen (secondary N) is 1. The lowest BCUT2D eigenvalue weighted by Gasteiger charge is -2.07. The Hall–Kier alpha value is -1.77. The SMILES string of the molecule is COCCn1nc(C(=O)NCCCOCCO)ccc1=O. The van der Waals surface area contributed by atoms with Gasteiger partial charge in [0.2, 0.25) is 0 Å². The maximum absolute atomic E-state index is 11.9. The molecule has 1 amide bonds. The van der Waals surface area contributed by atoms with Gasteiger partial charge in [-0.1, -0.05) is 0 Å². The fraction of sp³-hybridized carbons (Fsp3) is 0.615. The molecule has 1 aromatic rings. The van der Waals surface area contributed by atoms with Crippen LogP contribution in [0.3, 0.4) is 0 Å². The second kappa shape index (κ2) is 10.0. The first-order chi connectivity index (χ1) is 10.2. The van der Waals surface area contributed by atoms with Crippen LogP contribution >= 0.6 is 0 Å². The Kier molecular flexibility index (Phi) is 8.25. The Labute approximate surface area is 122 Å². The van der Waals surface area contributed by atoms with Crippen molar-refractivity contribution in [1.29, 1.82) is 0 Å². The fourth-order valence-electron chi connectivity index (χ4n) is 1.54. The largest absolute Gasteiger partial charge is 0.394 e. The van der Waals surface area contributed by atoms with Crippen molar-refractivity contribution >= 4 is 5.91 Å². The molecule has 1 aromatic heterocycles. The predicted octanol–water partition coefficient (Wildman–Crippen LogP) is -0.981. The minimum absolute atomic E-state index is 0.0146. The van der Waals surface area contributed by atoms with Crippen LogP contribution in [0.2, 0.25) is 0 Å². The van der Waals surface area contributed by atoms with Gasteiger partial charge in [-0.25, -0.2) is 4.68 Å². The van der Waals surface area contributed by atoms with Crippen LogP contribution in [-0.2, 0) is 16.0 Å². The van der Waals surface area contributed by atoms with Crippen LogP contribution in [0, 0.1) is 0 Å². The summed E-state index contributed by atoms with van der Waals surface area (Å²) in [6.07, 6.45) is 0.634. The molecule has 0 saturated carbocycles. The molecule has 0 saturated heterocycles. The average Bonchev–Trinajstić information content (AvgIpc) is 2.49. The molecule has 0 unspecified atom stereocenters. The van der Waals surface area contributed by atoms with E-state index in [1.165, 1.54) is 23.9 Å². The van der Waals surface area contributed by atoms with E-state index in [9.17, 15) is 9.59 Å². The first kappa shape index (κ1) is 17.3. The molecule has 0 aromatic carbocycles. The van der Waals surface area contributed by atoms with E-state index in [1.54, 1.807) is 0 Å². The number of methoxy groups -OCH3 is 1. The molecule has 0 aliphatic rings. The van der Waals surface area contributed by atoms with Crippen molar-refractivity contribution in [1.82, 2.24) is 15.1 Å². The summed E-state index contributed by atoms with van der Waals surface area (Å²) in [5.41, 5.74) is -0.0945. The first-order valence-corrected chi connectivity index (χ1v) is 6.73. The molecule has 118 valence electrons. The third kappa shape index (κ3) is 6.48. The van der Waals surface area contributed by atoms with Gasteiger partial charge in [-0.2, -0.15) is 5.10 Å². The van der Waals surface area contributed by atoms with E-state index in [0.29, 0.717) is 39.3 Å². The third-order valence-electron chi connectivity index (χ3n) is 2.59. The number of ether oxygens (including phenoxy) is 2. The molecule has 0 atom stereocenters. The van der Waals surface area contributed by atoms with Gasteiger partial charge in [-0.05, 0) is 12.5 Å². The van der Waals surface area contributed by atoms with Crippen molar-refractivity contribution in [2.75, 3.05) is 40.1 Å². The molecular formula is C13H21N3O5. The van der Waals surface area contributed by atoms with Gasteiger partial charge in [-0.3, -0.25) is 9.59 Å². The molecule has 0 fully saturated rings. The topological polar surface area (TPSA) is 103 Å². The van der Waals surface area contributed by atoms with Crippen LogP contribution in [0.25, 0.3) is 0 Å². The Bertz CT molecular complexity index is 489. The fourth-order valence-corrected chi connectivity index (χ4v) is 1.54. The Balaban J connectivity index is 2.44. The number of aromatic nitrogens is 2. The highest BCUT2D eigenvalue weighted by Gasteiger charge is 2.08. The molecule has 0 bridgehead atoms. The second-order valence-electron chi connectivity index (χ2n) is 4.22. The molecule has 8 heteroatoms. The zero-order valence-electron chi connectivity index (χ0n) is 12.1. The molecular weight excluding hydrogens is 278 g/mol. The van der Waals surface area contributed by atoms with Crippen molar-refractivity contribution in [2.24, 2.45) is 0 Å². The number of hydrogen-bond acceptors (Lipinski definition) is 6. The number of carbonyl (C=O) groups excluding carboxylic acids is 1. The minimum atomic E-state index is -0.344. The van der Waals surface area contributed by atoms with E-state index in [0.717, 1.165) is 0 Å². The van der Waals surface area contributed by atoms with E-state index in [4.69, 9.17) is 14.6 Å². The zero-order valence-corrected chi connectivity index (χ0v) is 12.1. The Morgan fingerprint density at radius 1 is 1.38 bits per heavy atom. The van der Waals surface area contributed by atoms with Crippen molar-refractivity contribution in [3.05, 3.63) is 28.2 Å². The Morgan fingerprint density at radius 2 is 2.19 bits per heavy atom. The summed E-state index contributed by atoms with van der Waals surface area (Å²) in [5.74, 6) is -0.344. The van der Waals surface area contributed by atoms with Gasteiger partial charge in [0.05, 0.1) is 26.4 Å². The van der Waals surface area contributed by atoms with Gasteiger partial charge in [0.1, 0.15) is 5.69 Å². The van der Waals surface area contributed by atoms with Crippen LogP contribution in [0.5, 0.6) is 0 Å². The molecule has 0 spiro atoms. The molecule has 0 aliphatic heterocycles. The molecule has 21 heavy (non-hydrogen) atoms. The van der Waals surface area contributed by atoms with Crippen LogP contribution in [-0.4, -0.2) is 60.9 Å². The average molecular weight is 299 g/mol. The first-order valence-electron chi connectivity index (χ1n) is 6.73. The normalized spacial score (nSPS) is 10.6. The lowest BCUT2D eigenvalue weighted by molar-refractivity contribution is 0.0864. The highest BCUT2D eigenvalue weighted by molar-refractivity contribution is 5.91. The number of rotatable bonds is 10. The minimum Gasteiger partial charge on any atom is -0.394 e. The Morgan fingerprint density at radius 3 is 2.90 bits per heavy atom. The van der Waals surface area contributed by atoms with Crippen LogP contribution in [0.1, 0.15) is 16.9 Å². The van der Waals surface area contributed by atoms with Crippen LogP contribution in [0.4, 0.5) is 0 Å². The molecule has 1 heterocycles. The number of aliphatic hydroxyl groups excluding tert-OH is 1. The summed E-state index contributed by atoms with van der Waals surface area (Å²) in [6, 6.07) is 2.70. The van der Waals surface area contributed by atoms with E-state index in [-0.39, 0.29) is 23.8 Å². The summed E-state index contributed by atoms with van der Waals surface area (Å²) in [6.45, 7) is 1.82. The van der Waals surface area contributed by atoms with Crippen molar-refractivity contribution in [3.8, 4) is 0 Å². The predicted molar refractivity (Wildman–Crippen MR) is 75.2 cm³/mol. The van der Waals surface area contributed by atoms with Gasteiger partial charge in [-0.15, -0.1) is 0 Å². The summed E-state index contributed by atoms with van der Waals surface area (Å²) in [5, 5.41) is 15.2. The number of nitrogens with zero attached hydrogens (tertiary/aromatic N) is 2. The van der Waals surface area contributed by atoms with Gasteiger partial charge in [0, 0.05) is 26.3 Å². The second-order valence-corrected chi connectivity index (χ2v) is 4.22. The van der Waals surface area contributed by atoms with Gasteiger partial charge >= 0.3 is 0 Å². The summed E-state index contributed by atoms with van der Waals surface area (Å²) < 4.78 is 11.2. The van der Waals surface area contributed by atoms with E-state index in [1.807, 2.05) is 0 Å². The van der Waals surface area contributed by atoms with Crippen LogP contribution in [0.15, 0.2) is 16.9 Å². The zero-order chi connectivity index (χ0) is 15.5. The maximum atomic E-state index is 11.9. The lowest BCUT2D eigenvalue weighted by Crippen LogP contribution is -2.31. The smallest absolute Gasteiger partial charge is 0.271 e. The van der Waals surface area contributed by atoms with E-state index >= 15 is 0 Å². The van der Waals surface area contributed by atoms with E-state index in [2.05, 4.69) is 10.4 Å².